The van der Waals surface area contributed by atoms with Crippen LogP contribution in [0.15, 0.2) is 54.7 Å². The summed E-state index contributed by atoms with van der Waals surface area (Å²) in [6.07, 6.45) is 2.50. The molecular weight excluding hydrogens is 381 g/mol. The number of nitrogens with one attached hydrogen (secondary N) is 1. The van der Waals surface area contributed by atoms with E-state index >= 15 is 0 Å². The fraction of sp³-hybridized carbons (Fsp3) is 0.238. The smallest absolute Gasteiger partial charge is 0.252 e. The van der Waals surface area contributed by atoms with E-state index in [2.05, 4.69) is 22.5 Å². The van der Waals surface area contributed by atoms with Gasteiger partial charge >= 0.3 is 0 Å². The minimum absolute atomic E-state index is 0.0786. The zero-order valence-corrected chi connectivity index (χ0v) is 15.8. The van der Waals surface area contributed by atoms with Crippen molar-refractivity contribution in [1.29, 1.82) is 0 Å². The van der Waals surface area contributed by atoms with Gasteiger partial charge in [0.25, 0.3) is 5.91 Å². The molecule has 1 atom stereocenters. The van der Waals surface area contributed by atoms with Crippen LogP contribution in [-0.4, -0.2) is 28.8 Å². The molecule has 1 aromatic heterocycles. The Hall–Kier alpha value is -2.70. The molecule has 0 spiro atoms. The summed E-state index contributed by atoms with van der Waals surface area (Å²) in [4.78, 5) is 12.4. The average Bonchev–Trinajstić information content (AvgIpc) is 3.10. The third-order valence-electron chi connectivity index (χ3n) is 4.68. The van der Waals surface area contributed by atoms with Crippen molar-refractivity contribution in [3.63, 3.8) is 0 Å². The summed E-state index contributed by atoms with van der Waals surface area (Å²) in [5, 5.41) is 7.56. The van der Waals surface area contributed by atoms with Crippen LogP contribution < -0.4 is 5.32 Å². The predicted molar refractivity (Wildman–Crippen MR) is 104 cm³/mol. The van der Waals surface area contributed by atoms with E-state index in [4.69, 9.17) is 16.3 Å². The lowest BCUT2D eigenvalue weighted by atomic mass is 10.1. The second-order valence-corrected chi connectivity index (χ2v) is 7.07. The summed E-state index contributed by atoms with van der Waals surface area (Å²) in [6, 6.07) is 13.8. The van der Waals surface area contributed by atoms with Crippen LogP contribution in [0, 0.1) is 5.82 Å². The van der Waals surface area contributed by atoms with Crippen LogP contribution in [0.1, 0.15) is 33.3 Å². The number of nitrogens with zero attached hydrogens (tertiary/aromatic N) is 2. The van der Waals surface area contributed by atoms with E-state index in [0.717, 1.165) is 23.7 Å². The standard InChI is InChI=1S/C21H19ClFN3O2/c22-18-10-16(23)6-7-17(18)21(27)24-11-19-20-15(8-9-28-19)13-26(25-20)12-14-4-2-1-3-5-14/h1-7,10,13,19H,8-9,11-12H2,(H,24,27)/t19-/m0/s1. The Bertz CT molecular complexity index is 991. The minimum Gasteiger partial charge on any atom is -0.370 e. The van der Waals surface area contributed by atoms with Crippen LogP contribution in [0.4, 0.5) is 4.39 Å². The van der Waals surface area contributed by atoms with Crippen LogP contribution in [0.2, 0.25) is 5.02 Å². The average molecular weight is 400 g/mol. The fourth-order valence-electron chi connectivity index (χ4n) is 3.29. The first kappa shape index (κ1) is 18.7. The van der Waals surface area contributed by atoms with E-state index in [1.807, 2.05) is 29.1 Å². The first-order chi connectivity index (χ1) is 13.6. The maximum Gasteiger partial charge on any atom is 0.252 e. The van der Waals surface area contributed by atoms with Gasteiger partial charge in [-0.25, -0.2) is 4.39 Å². The number of carbonyl (C=O) groups excluding carboxylic acids is 1. The van der Waals surface area contributed by atoms with Crippen molar-refractivity contribution in [2.45, 2.75) is 19.1 Å². The molecule has 0 aliphatic carbocycles. The van der Waals surface area contributed by atoms with Crippen LogP contribution in [0.5, 0.6) is 0 Å². The van der Waals surface area contributed by atoms with Gasteiger partial charge in [0.1, 0.15) is 11.9 Å². The second kappa shape index (κ2) is 8.12. The molecule has 0 bridgehead atoms. The number of benzene rings is 2. The number of rotatable bonds is 5. The number of halogens is 2. The summed E-state index contributed by atoms with van der Waals surface area (Å²) in [5.41, 5.74) is 3.36. The van der Waals surface area contributed by atoms with E-state index in [0.29, 0.717) is 13.2 Å². The highest BCUT2D eigenvalue weighted by molar-refractivity contribution is 6.33. The highest BCUT2D eigenvalue weighted by atomic mass is 35.5. The molecule has 0 unspecified atom stereocenters. The van der Waals surface area contributed by atoms with Gasteiger partial charge in [-0.05, 0) is 35.7 Å². The van der Waals surface area contributed by atoms with E-state index in [1.54, 1.807) is 0 Å². The molecule has 144 valence electrons. The Morgan fingerprint density at radius 1 is 1.29 bits per heavy atom. The maximum absolute atomic E-state index is 13.2. The lowest BCUT2D eigenvalue weighted by molar-refractivity contribution is 0.0383. The Balaban J connectivity index is 1.45. The Kier molecular flexibility index (Phi) is 5.41. The summed E-state index contributed by atoms with van der Waals surface area (Å²) < 4.78 is 20.9. The molecule has 1 amide bonds. The second-order valence-electron chi connectivity index (χ2n) is 6.67. The molecule has 28 heavy (non-hydrogen) atoms. The van der Waals surface area contributed by atoms with Crippen LogP contribution in [-0.2, 0) is 17.7 Å². The topological polar surface area (TPSA) is 56.1 Å². The quantitative estimate of drug-likeness (QED) is 0.710. The molecule has 3 aromatic rings. The largest absolute Gasteiger partial charge is 0.370 e. The summed E-state index contributed by atoms with van der Waals surface area (Å²) in [7, 11) is 0. The zero-order valence-electron chi connectivity index (χ0n) is 15.1. The molecule has 1 aliphatic heterocycles. The van der Waals surface area contributed by atoms with Gasteiger partial charge in [-0.2, -0.15) is 5.10 Å². The Morgan fingerprint density at radius 3 is 2.89 bits per heavy atom. The number of aromatic nitrogens is 2. The number of ether oxygens (including phenoxy) is 1. The van der Waals surface area contributed by atoms with Gasteiger partial charge < -0.3 is 10.1 Å². The van der Waals surface area contributed by atoms with Crippen molar-refractivity contribution in [3.05, 3.63) is 88.0 Å². The molecule has 5 nitrogen and oxygen atoms in total. The van der Waals surface area contributed by atoms with Crippen LogP contribution >= 0.6 is 11.6 Å². The van der Waals surface area contributed by atoms with Gasteiger partial charge in [0, 0.05) is 12.7 Å². The summed E-state index contributed by atoms with van der Waals surface area (Å²) in [6.45, 7) is 1.52. The summed E-state index contributed by atoms with van der Waals surface area (Å²) >= 11 is 5.96. The monoisotopic (exact) mass is 399 g/mol. The first-order valence-electron chi connectivity index (χ1n) is 9.05. The molecule has 0 radical (unpaired) electrons. The van der Waals surface area contributed by atoms with Gasteiger partial charge in [0.05, 0.1) is 29.4 Å². The van der Waals surface area contributed by atoms with Gasteiger partial charge in [0.15, 0.2) is 0 Å². The molecule has 0 saturated carbocycles. The molecule has 0 fully saturated rings. The highest BCUT2D eigenvalue weighted by Crippen LogP contribution is 2.26. The lowest BCUT2D eigenvalue weighted by Crippen LogP contribution is -2.32. The first-order valence-corrected chi connectivity index (χ1v) is 9.43. The third kappa shape index (κ3) is 4.08. The SMILES string of the molecule is O=C(NC[C@@H]1OCCc2cn(Cc3ccccc3)nc21)c1ccc(F)cc1Cl. The number of fused-ring (bicyclic) bond motifs is 1. The minimum atomic E-state index is -0.481. The number of amides is 1. The van der Waals surface area contributed by atoms with Gasteiger partial charge in [-0.1, -0.05) is 41.9 Å². The molecular formula is C21H19ClFN3O2. The number of hydrogen-bond donors (Lipinski definition) is 1. The van der Waals surface area contributed by atoms with Crippen molar-refractivity contribution < 1.29 is 13.9 Å². The van der Waals surface area contributed by atoms with Crippen molar-refractivity contribution in [2.24, 2.45) is 0 Å². The van der Waals surface area contributed by atoms with Gasteiger partial charge in [-0.15, -0.1) is 0 Å². The normalized spacial score (nSPS) is 15.9. The maximum atomic E-state index is 13.2. The van der Waals surface area contributed by atoms with E-state index in [-0.39, 0.29) is 29.1 Å². The number of carbonyl (C=O) groups is 1. The molecule has 2 aromatic carbocycles. The van der Waals surface area contributed by atoms with Crippen LogP contribution in [0.3, 0.4) is 0 Å². The zero-order chi connectivity index (χ0) is 19.5. The number of hydrogen-bond acceptors (Lipinski definition) is 3. The van der Waals surface area contributed by atoms with Crippen LogP contribution in [0.25, 0.3) is 0 Å². The molecule has 0 saturated heterocycles. The van der Waals surface area contributed by atoms with Gasteiger partial charge in [-0.3, -0.25) is 9.48 Å². The molecule has 4 rings (SSSR count). The fourth-order valence-corrected chi connectivity index (χ4v) is 3.55. The molecule has 7 heteroatoms. The summed E-state index contributed by atoms with van der Waals surface area (Å²) in [5.74, 6) is -0.852. The lowest BCUT2D eigenvalue weighted by Gasteiger charge is -2.22. The Labute approximate surface area is 167 Å². The van der Waals surface area contributed by atoms with E-state index in [1.165, 1.54) is 17.7 Å². The Morgan fingerprint density at radius 2 is 2.11 bits per heavy atom. The van der Waals surface area contributed by atoms with E-state index < -0.39 is 5.82 Å². The molecule has 1 aliphatic rings. The van der Waals surface area contributed by atoms with Gasteiger partial charge in [0.2, 0.25) is 0 Å². The van der Waals surface area contributed by atoms with Crippen molar-refractivity contribution in [3.8, 4) is 0 Å². The molecule has 1 N–H and O–H groups in total. The van der Waals surface area contributed by atoms with Crippen molar-refractivity contribution >= 4 is 17.5 Å². The third-order valence-corrected chi connectivity index (χ3v) is 4.99. The van der Waals surface area contributed by atoms with E-state index in [9.17, 15) is 9.18 Å². The van der Waals surface area contributed by atoms with Crippen molar-refractivity contribution in [2.75, 3.05) is 13.2 Å². The highest BCUT2D eigenvalue weighted by Gasteiger charge is 2.25. The predicted octanol–water partition coefficient (Wildman–Crippen LogP) is 3.77. The molecule has 2 heterocycles. The van der Waals surface area contributed by atoms with Crippen molar-refractivity contribution in [1.82, 2.24) is 15.1 Å².